The van der Waals surface area contributed by atoms with Crippen molar-refractivity contribution in [1.29, 1.82) is 0 Å². The van der Waals surface area contributed by atoms with Gasteiger partial charge >= 0.3 is 0 Å². The zero-order valence-corrected chi connectivity index (χ0v) is 26.2. The lowest BCUT2D eigenvalue weighted by Gasteiger charge is -2.43. The van der Waals surface area contributed by atoms with Crippen LogP contribution < -0.4 is 15.1 Å². The smallest absolute Gasteiger partial charge is 0.261 e. The Balaban J connectivity index is 1.36. The van der Waals surface area contributed by atoms with E-state index in [1.807, 2.05) is 24.3 Å². The van der Waals surface area contributed by atoms with Gasteiger partial charge in [-0.15, -0.1) is 0 Å². The second-order valence-electron chi connectivity index (χ2n) is 11.5. The van der Waals surface area contributed by atoms with E-state index in [2.05, 4.69) is 81.4 Å². The summed E-state index contributed by atoms with van der Waals surface area (Å²) in [7, 11) is -0.871. The molecule has 0 spiro atoms. The van der Waals surface area contributed by atoms with Gasteiger partial charge in [-0.1, -0.05) is 106 Å². The van der Waals surface area contributed by atoms with Gasteiger partial charge in [0.25, 0.3) is 8.32 Å². The van der Waals surface area contributed by atoms with Gasteiger partial charge in [0.05, 0.1) is 13.7 Å². The molecule has 220 valence electrons. The first-order valence-corrected chi connectivity index (χ1v) is 16.7. The van der Waals surface area contributed by atoms with E-state index in [0.29, 0.717) is 32.7 Å². The predicted molar refractivity (Wildman–Crippen MR) is 169 cm³/mol. The molecule has 0 aromatic heterocycles. The zero-order valence-electron chi connectivity index (χ0n) is 25.2. The molecule has 0 amide bonds. The van der Waals surface area contributed by atoms with Gasteiger partial charge in [0.1, 0.15) is 5.75 Å². The van der Waals surface area contributed by atoms with Crippen molar-refractivity contribution in [3.63, 3.8) is 0 Å². The fraction of sp³-hybridized carbons (Fsp3) is 0.429. The van der Waals surface area contributed by atoms with Crippen molar-refractivity contribution in [3.8, 4) is 5.75 Å². The van der Waals surface area contributed by atoms with Crippen LogP contribution in [-0.2, 0) is 25.4 Å². The van der Waals surface area contributed by atoms with Crippen molar-refractivity contribution < 1.29 is 23.5 Å². The molecule has 0 saturated carbocycles. The minimum absolute atomic E-state index is 0.0385. The van der Waals surface area contributed by atoms with Crippen LogP contribution in [0.4, 0.5) is 0 Å². The van der Waals surface area contributed by atoms with E-state index in [1.54, 1.807) is 7.11 Å². The SMILES string of the molecule is COc1ccc(COCCCC(=O)C(=O)CCCCCCO[Si](c2ccccc2)(c2ccccc2)C(C)(C)C)cc1. The van der Waals surface area contributed by atoms with Crippen LogP contribution in [0.25, 0.3) is 0 Å². The first-order chi connectivity index (χ1) is 19.8. The summed E-state index contributed by atoms with van der Waals surface area (Å²) in [6.07, 6.45) is 4.66. The Morgan fingerprint density at radius 1 is 0.659 bits per heavy atom. The summed E-state index contributed by atoms with van der Waals surface area (Å²) in [5, 5.41) is 2.53. The summed E-state index contributed by atoms with van der Waals surface area (Å²) in [6, 6.07) is 29.0. The van der Waals surface area contributed by atoms with E-state index < -0.39 is 8.32 Å². The molecule has 41 heavy (non-hydrogen) atoms. The summed E-state index contributed by atoms with van der Waals surface area (Å²) in [6.45, 7) is 8.47. The second kappa shape index (κ2) is 16.4. The van der Waals surface area contributed by atoms with Crippen LogP contribution in [0.2, 0.25) is 5.04 Å². The largest absolute Gasteiger partial charge is 0.497 e. The first kappa shape index (κ1) is 32.5. The highest BCUT2D eigenvalue weighted by atomic mass is 28.4. The number of unbranched alkanes of at least 4 members (excludes halogenated alkanes) is 3. The fourth-order valence-electron chi connectivity index (χ4n) is 5.25. The Morgan fingerprint density at radius 3 is 1.73 bits per heavy atom. The Labute approximate surface area is 247 Å². The third kappa shape index (κ3) is 9.49. The number of ketones is 2. The molecule has 0 bridgehead atoms. The van der Waals surface area contributed by atoms with Crippen LogP contribution in [0.3, 0.4) is 0 Å². The molecule has 0 atom stereocenters. The molecule has 0 heterocycles. The maximum absolute atomic E-state index is 12.3. The molecule has 3 aromatic rings. The van der Waals surface area contributed by atoms with Crippen LogP contribution in [0.1, 0.15) is 71.3 Å². The molecule has 0 aliphatic heterocycles. The minimum atomic E-state index is -2.51. The van der Waals surface area contributed by atoms with E-state index in [-0.39, 0.29) is 23.0 Å². The van der Waals surface area contributed by atoms with Crippen molar-refractivity contribution in [2.45, 2.75) is 77.4 Å². The topological polar surface area (TPSA) is 61.8 Å². The number of carbonyl (C=O) groups is 2. The highest BCUT2D eigenvalue weighted by molar-refractivity contribution is 6.99. The molecule has 0 saturated heterocycles. The van der Waals surface area contributed by atoms with Crippen molar-refractivity contribution in [1.82, 2.24) is 0 Å². The van der Waals surface area contributed by atoms with E-state index in [9.17, 15) is 9.59 Å². The highest BCUT2D eigenvalue weighted by Gasteiger charge is 2.49. The number of Topliss-reactive ketones (excluding diaryl/α,β-unsaturated/α-hetero) is 2. The van der Waals surface area contributed by atoms with Crippen molar-refractivity contribution in [2.24, 2.45) is 0 Å². The predicted octanol–water partition coefficient (Wildman–Crippen LogP) is 6.66. The van der Waals surface area contributed by atoms with Gasteiger partial charge in [-0.05, 0) is 52.4 Å². The van der Waals surface area contributed by atoms with Gasteiger partial charge in [-0.3, -0.25) is 9.59 Å². The summed E-state index contributed by atoms with van der Waals surface area (Å²) >= 11 is 0. The van der Waals surface area contributed by atoms with Crippen molar-refractivity contribution in [3.05, 3.63) is 90.5 Å². The summed E-state index contributed by atoms with van der Waals surface area (Å²) < 4.78 is 17.7. The Hall–Kier alpha value is -3.06. The van der Waals surface area contributed by atoms with Crippen molar-refractivity contribution in [2.75, 3.05) is 20.3 Å². The third-order valence-electron chi connectivity index (χ3n) is 7.46. The Kier molecular flexibility index (Phi) is 13.0. The average molecular weight is 575 g/mol. The van der Waals surface area contributed by atoms with E-state index >= 15 is 0 Å². The number of ether oxygens (including phenoxy) is 2. The monoisotopic (exact) mass is 574 g/mol. The van der Waals surface area contributed by atoms with Crippen LogP contribution in [-0.4, -0.2) is 40.2 Å². The van der Waals surface area contributed by atoms with Crippen LogP contribution in [0.15, 0.2) is 84.9 Å². The third-order valence-corrected chi connectivity index (χ3v) is 12.5. The Morgan fingerprint density at radius 2 is 1.20 bits per heavy atom. The minimum Gasteiger partial charge on any atom is -0.497 e. The lowest BCUT2D eigenvalue weighted by atomic mass is 10.0. The number of hydrogen-bond acceptors (Lipinski definition) is 5. The number of methoxy groups -OCH3 is 1. The molecular weight excluding hydrogens is 528 g/mol. The average Bonchev–Trinajstić information content (AvgIpc) is 2.98. The van der Waals surface area contributed by atoms with E-state index in [4.69, 9.17) is 13.9 Å². The van der Waals surface area contributed by atoms with E-state index in [1.165, 1.54) is 10.4 Å². The van der Waals surface area contributed by atoms with Crippen LogP contribution in [0.5, 0.6) is 5.75 Å². The number of carbonyl (C=O) groups excluding carboxylic acids is 2. The van der Waals surface area contributed by atoms with Gasteiger partial charge < -0.3 is 13.9 Å². The van der Waals surface area contributed by atoms with Gasteiger partial charge in [0, 0.05) is 26.1 Å². The fourth-order valence-corrected chi connectivity index (χ4v) is 9.86. The normalized spacial score (nSPS) is 11.8. The molecule has 3 aromatic carbocycles. The molecule has 0 fully saturated rings. The maximum Gasteiger partial charge on any atom is 0.261 e. The van der Waals surface area contributed by atoms with E-state index in [0.717, 1.165) is 37.0 Å². The summed E-state index contributed by atoms with van der Waals surface area (Å²) in [4.78, 5) is 24.6. The standard InChI is InChI=1S/C35H46O5Si/c1-35(2,3)41(31-16-9-7-10-17-31,32-18-11-8-12-19-32)40-27-14-6-5-13-20-33(36)34(37)21-15-26-39-28-29-22-24-30(38-4)25-23-29/h7-12,16-19,22-25H,5-6,13-15,20-21,26-28H2,1-4H3. The van der Waals surface area contributed by atoms with Crippen LogP contribution >= 0.6 is 0 Å². The Bertz CT molecular complexity index is 1150. The second-order valence-corrected chi connectivity index (χ2v) is 15.8. The quantitative estimate of drug-likeness (QED) is 0.0966. The molecule has 0 N–H and O–H groups in total. The summed E-state index contributed by atoms with van der Waals surface area (Å²) in [5.41, 5.74) is 1.05. The highest BCUT2D eigenvalue weighted by Crippen LogP contribution is 2.36. The van der Waals surface area contributed by atoms with Gasteiger partial charge in [0.15, 0.2) is 11.6 Å². The number of benzene rings is 3. The lowest BCUT2D eigenvalue weighted by Crippen LogP contribution is -2.66. The lowest BCUT2D eigenvalue weighted by molar-refractivity contribution is -0.136. The molecule has 0 aliphatic rings. The molecular formula is C35H46O5Si. The maximum atomic E-state index is 12.3. The number of hydrogen-bond donors (Lipinski definition) is 0. The zero-order chi connectivity index (χ0) is 29.6. The molecule has 5 nitrogen and oxygen atoms in total. The molecule has 3 rings (SSSR count). The molecule has 0 unspecified atom stereocenters. The number of rotatable bonds is 18. The van der Waals surface area contributed by atoms with Gasteiger partial charge in [-0.25, -0.2) is 0 Å². The van der Waals surface area contributed by atoms with Gasteiger partial charge in [0.2, 0.25) is 0 Å². The molecule has 6 heteroatoms. The van der Waals surface area contributed by atoms with Gasteiger partial charge in [-0.2, -0.15) is 0 Å². The molecule has 0 aliphatic carbocycles. The van der Waals surface area contributed by atoms with Crippen LogP contribution in [0, 0.1) is 0 Å². The van der Waals surface area contributed by atoms with Crippen molar-refractivity contribution >= 4 is 30.3 Å². The summed E-state index contributed by atoms with van der Waals surface area (Å²) in [5.74, 6) is 0.262. The first-order valence-electron chi connectivity index (χ1n) is 14.8. The molecule has 0 radical (unpaired) electrons.